The fourth-order valence-corrected chi connectivity index (χ4v) is 1.64. The van der Waals surface area contributed by atoms with Crippen LogP contribution in [0, 0.1) is 5.92 Å². The number of carbonyl (C=O) groups is 2. The van der Waals surface area contributed by atoms with Gasteiger partial charge in [0, 0.05) is 5.92 Å². The molecule has 0 spiro atoms. The quantitative estimate of drug-likeness (QED) is 0.494. The number of ketones is 1. The highest BCUT2D eigenvalue weighted by Crippen LogP contribution is 2.27. The summed E-state index contributed by atoms with van der Waals surface area (Å²) in [6.45, 7) is 0. The average Bonchev–Trinajstić information content (AvgIpc) is 2.67. The average molecular weight is 188 g/mol. The Balaban J connectivity index is 2.50. The first-order valence-corrected chi connectivity index (χ1v) is 4.42. The van der Waals surface area contributed by atoms with E-state index in [-0.39, 0.29) is 5.92 Å². The van der Waals surface area contributed by atoms with Crippen molar-refractivity contribution in [2.24, 2.45) is 5.92 Å². The molecular weight excluding hydrogens is 175 g/mol. The smallest absolute Gasteiger partial charge is 0.348 e. The number of Topliss-reactive ketones (excluding diaryl/α,β-unsaturated/α-hetero) is 1. The van der Waals surface area contributed by atoms with Gasteiger partial charge in [0.15, 0.2) is 5.78 Å². The second kappa shape index (κ2) is 4.35. The Morgan fingerprint density at radius 2 is 1.92 bits per heavy atom. The summed E-state index contributed by atoms with van der Waals surface area (Å²) >= 11 is 0. The van der Waals surface area contributed by atoms with Gasteiger partial charge in [-0.2, -0.15) is 0 Å². The van der Waals surface area contributed by atoms with Crippen molar-refractivity contribution < 1.29 is 18.7 Å². The van der Waals surface area contributed by atoms with Crippen molar-refractivity contribution in [3.63, 3.8) is 0 Å². The Kier molecular flexibility index (Phi) is 3.39. The zero-order valence-corrected chi connectivity index (χ0v) is 7.59. The molecule has 0 bridgehead atoms. The lowest BCUT2D eigenvalue weighted by Crippen LogP contribution is -2.31. The molecule has 1 fully saturated rings. The first-order valence-electron chi connectivity index (χ1n) is 4.42. The van der Waals surface area contributed by atoms with Gasteiger partial charge in [-0.05, 0) is 12.8 Å². The van der Waals surface area contributed by atoms with Gasteiger partial charge in [0.1, 0.15) is 0 Å². The van der Waals surface area contributed by atoms with E-state index in [0.29, 0.717) is 12.8 Å². The summed E-state index contributed by atoms with van der Waals surface area (Å²) in [6.07, 6.45) is 1.23. The Bertz CT molecular complexity index is 209. The van der Waals surface area contributed by atoms with E-state index >= 15 is 0 Å². The molecular formula is C9H13FO3. The van der Waals surface area contributed by atoms with E-state index in [1.54, 1.807) is 0 Å². The van der Waals surface area contributed by atoms with E-state index in [4.69, 9.17) is 0 Å². The minimum absolute atomic E-state index is 0.269. The van der Waals surface area contributed by atoms with Crippen LogP contribution in [-0.4, -0.2) is 25.0 Å². The molecule has 0 heterocycles. The molecule has 0 aliphatic heterocycles. The molecule has 1 aliphatic rings. The van der Waals surface area contributed by atoms with Gasteiger partial charge in [-0.15, -0.1) is 0 Å². The highest BCUT2D eigenvalue weighted by Gasteiger charge is 2.34. The Labute approximate surface area is 76.3 Å². The van der Waals surface area contributed by atoms with E-state index in [1.807, 2.05) is 0 Å². The normalized spacial score (nSPS) is 19.8. The molecule has 0 saturated heterocycles. The lowest BCUT2D eigenvalue weighted by molar-refractivity contribution is -0.151. The Morgan fingerprint density at radius 3 is 2.38 bits per heavy atom. The number of carbonyl (C=O) groups excluding carboxylic acids is 2. The van der Waals surface area contributed by atoms with Gasteiger partial charge in [0.05, 0.1) is 7.11 Å². The largest absolute Gasteiger partial charge is 0.467 e. The van der Waals surface area contributed by atoms with Crippen LogP contribution in [0.2, 0.25) is 0 Å². The van der Waals surface area contributed by atoms with Crippen LogP contribution in [-0.2, 0) is 14.3 Å². The maximum atomic E-state index is 13.0. The molecule has 74 valence electrons. The monoisotopic (exact) mass is 188 g/mol. The van der Waals surface area contributed by atoms with E-state index in [0.717, 1.165) is 20.0 Å². The third-order valence-corrected chi connectivity index (χ3v) is 2.42. The summed E-state index contributed by atoms with van der Waals surface area (Å²) in [5.74, 6) is -1.95. The molecule has 0 radical (unpaired) electrons. The number of alkyl halides is 1. The first kappa shape index (κ1) is 10.2. The summed E-state index contributed by atoms with van der Waals surface area (Å²) in [5.41, 5.74) is 0. The molecule has 0 aromatic rings. The van der Waals surface area contributed by atoms with Gasteiger partial charge in [0.2, 0.25) is 0 Å². The highest BCUT2D eigenvalue weighted by atomic mass is 19.1. The van der Waals surface area contributed by atoms with Crippen LogP contribution in [0.15, 0.2) is 0 Å². The number of rotatable bonds is 3. The van der Waals surface area contributed by atoms with Gasteiger partial charge in [0.25, 0.3) is 6.17 Å². The molecule has 1 saturated carbocycles. The molecule has 0 aromatic heterocycles. The van der Waals surface area contributed by atoms with Crippen LogP contribution in [0.5, 0.6) is 0 Å². The fourth-order valence-electron chi connectivity index (χ4n) is 1.64. The molecule has 0 N–H and O–H groups in total. The predicted octanol–water partition coefficient (Wildman–Crippen LogP) is 1.26. The molecule has 1 unspecified atom stereocenters. The van der Waals surface area contributed by atoms with Gasteiger partial charge in [-0.25, -0.2) is 9.18 Å². The zero-order chi connectivity index (χ0) is 9.84. The molecule has 1 atom stereocenters. The van der Waals surface area contributed by atoms with E-state index in [9.17, 15) is 14.0 Å². The summed E-state index contributed by atoms with van der Waals surface area (Å²) < 4.78 is 17.2. The summed E-state index contributed by atoms with van der Waals surface area (Å²) in [5, 5.41) is 0. The summed E-state index contributed by atoms with van der Waals surface area (Å²) in [6, 6.07) is 0. The van der Waals surface area contributed by atoms with Gasteiger partial charge in [-0.3, -0.25) is 4.79 Å². The third-order valence-electron chi connectivity index (χ3n) is 2.42. The van der Waals surface area contributed by atoms with Gasteiger partial charge in [-0.1, -0.05) is 12.8 Å². The Hall–Kier alpha value is -0.930. The Morgan fingerprint density at radius 1 is 1.38 bits per heavy atom. The van der Waals surface area contributed by atoms with Crippen molar-refractivity contribution in [3.05, 3.63) is 0 Å². The lowest BCUT2D eigenvalue weighted by Gasteiger charge is -2.09. The molecule has 13 heavy (non-hydrogen) atoms. The molecule has 0 amide bonds. The minimum Gasteiger partial charge on any atom is -0.467 e. The van der Waals surface area contributed by atoms with Crippen molar-refractivity contribution in [3.8, 4) is 0 Å². The summed E-state index contributed by atoms with van der Waals surface area (Å²) in [4.78, 5) is 22.0. The van der Waals surface area contributed by atoms with Crippen LogP contribution >= 0.6 is 0 Å². The molecule has 1 rings (SSSR count). The van der Waals surface area contributed by atoms with Crippen molar-refractivity contribution in [2.45, 2.75) is 31.9 Å². The maximum absolute atomic E-state index is 13.0. The fraction of sp³-hybridized carbons (Fsp3) is 0.778. The maximum Gasteiger partial charge on any atom is 0.348 e. The highest BCUT2D eigenvalue weighted by molar-refractivity contribution is 6.02. The number of esters is 1. The molecule has 3 nitrogen and oxygen atoms in total. The minimum atomic E-state index is -2.08. The molecule has 1 aliphatic carbocycles. The van der Waals surface area contributed by atoms with Gasteiger partial charge < -0.3 is 4.74 Å². The van der Waals surface area contributed by atoms with Crippen LogP contribution in [0.25, 0.3) is 0 Å². The standard InChI is InChI=1S/C9H13FO3/c1-13-9(12)7(10)8(11)6-4-2-3-5-6/h6-7H,2-5H2,1H3. The third kappa shape index (κ3) is 2.26. The second-order valence-electron chi connectivity index (χ2n) is 3.27. The first-order chi connectivity index (χ1) is 6.16. The van der Waals surface area contributed by atoms with E-state index in [1.165, 1.54) is 0 Å². The second-order valence-corrected chi connectivity index (χ2v) is 3.27. The number of hydrogen-bond acceptors (Lipinski definition) is 3. The predicted molar refractivity (Wildman–Crippen MR) is 43.9 cm³/mol. The molecule has 0 aromatic carbocycles. The van der Waals surface area contributed by atoms with Crippen molar-refractivity contribution in [1.29, 1.82) is 0 Å². The number of hydrogen-bond donors (Lipinski definition) is 0. The van der Waals surface area contributed by atoms with Crippen molar-refractivity contribution in [1.82, 2.24) is 0 Å². The van der Waals surface area contributed by atoms with Crippen molar-refractivity contribution in [2.75, 3.05) is 7.11 Å². The van der Waals surface area contributed by atoms with E-state index in [2.05, 4.69) is 4.74 Å². The van der Waals surface area contributed by atoms with Crippen molar-refractivity contribution >= 4 is 11.8 Å². The van der Waals surface area contributed by atoms with Crippen LogP contribution < -0.4 is 0 Å². The lowest BCUT2D eigenvalue weighted by atomic mass is 9.99. The van der Waals surface area contributed by atoms with Crippen LogP contribution in [0.4, 0.5) is 4.39 Å². The summed E-state index contributed by atoms with van der Waals surface area (Å²) in [7, 11) is 1.08. The number of halogens is 1. The van der Waals surface area contributed by atoms with Gasteiger partial charge >= 0.3 is 5.97 Å². The number of methoxy groups -OCH3 is 1. The number of ether oxygens (including phenoxy) is 1. The van der Waals surface area contributed by atoms with Crippen LogP contribution in [0.1, 0.15) is 25.7 Å². The molecule has 4 heteroatoms. The zero-order valence-electron chi connectivity index (χ0n) is 7.59. The topological polar surface area (TPSA) is 43.4 Å². The van der Waals surface area contributed by atoms with Crippen LogP contribution in [0.3, 0.4) is 0 Å². The van der Waals surface area contributed by atoms with E-state index < -0.39 is 17.9 Å². The SMILES string of the molecule is COC(=O)C(F)C(=O)C1CCCC1.